The van der Waals surface area contributed by atoms with E-state index in [-0.39, 0.29) is 0 Å². The molecule has 1 aliphatic rings. The number of aromatic nitrogens is 4. The predicted octanol–water partition coefficient (Wildman–Crippen LogP) is 2.30. The van der Waals surface area contributed by atoms with E-state index in [0.29, 0.717) is 0 Å². The fraction of sp³-hybridized carbons (Fsp3) is 0.600. The highest BCUT2D eigenvalue weighted by molar-refractivity contribution is 5.56. The lowest BCUT2D eigenvalue weighted by Gasteiger charge is -2.07. The number of imidazole rings is 1. The lowest BCUT2D eigenvalue weighted by Crippen LogP contribution is -2.18. The molecule has 0 amide bonds. The molecule has 108 valence electrons. The zero-order chi connectivity index (χ0) is 13.8. The van der Waals surface area contributed by atoms with Crippen LogP contribution in [0.1, 0.15) is 32.6 Å². The minimum atomic E-state index is 0.796. The van der Waals surface area contributed by atoms with Crippen molar-refractivity contribution in [2.75, 3.05) is 6.54 Å². The van der Waals surface area contributed by atoms with E-state index in [1.54, 1.807) is 0 Å². The van der Waals surface area contributed by atoms with Crippen molar-refractivity contribution in [3.05, 3.63) is 24.9 Å². The Hall–Kier alpha value is -1.62. The normalized spacial score (nSPS) is 14.8. The molecule has 0 aliphatic heterocycles. The maximum Gasteiger partial charge on any atom is 0.0950 e. The molecule has 0 unspecified atom stereocenters. The minimum Gasteiger partial charge on any atom is -0.330 e. The largest absolute Gasteiger partial charge is 0.330 e. The van der Waals surface area contributed by atoms with Crippen LogP contribution in [0.3, 0.4) is 0 Å². The Labute approximate surface area is 120 Å². The van der Waals surface area contributed by atoms with E-state index in [2.05, 4.69) is 33.1 Å². The van der Waals surface area contributed by atoms with E-state index in [4.69, 9.17) is 0 Å². The first-order valence-electron chi connectivity index (χ1n) is 7.63. The lowest BCUT2D eigenvalue weighted by atomic mass is 10.2. The van der Waals surface area contributed by atoms with Crippen LogP contribution in [0.4, 0.5) is 0 Å². The Morgan fingerprint density at radius 3 is 3.00 bits per heavy atom. The van der Waals surface area contributed by atoms with Crippen LogP contribution in [0, 0.1) is 0 Å². The summed E-state index contributed by atoms with van der Waals surface area (Å²) in [7, 11) is 0. The molecule has 0 spiro atoms. The van der Waals surface area contributed by atoms with Crippen molar-refractivity contribution in [2.45, 2.75) is 51.7 Å². The predicted molar refractivity (Wildman–Crippen MR) is 79.4 cm³/mol. The van der Waals surface area contributed by atoms with Crippen molar-refractivity contribution < 1.29 is 0 Å². The Morgan fingerprint density at radius 1 is 1.30 bits per heavy atom. The van der Waals surface area contributed by atoms with Gasteiger partial charge in [-0.2, -0.15) is 5.10 Å². The van der Waals surface area contributed by atoms with Crippen molar-refractivity contribution in [1.29, 1.82) is 0 Å². The quantitative estimate of drug-likeness (QED) is 0.751. The van der Waals surface area contributed by atoms with Crippen molar-refractivity contribution in [2.24, 2.45) is 0 Å². The van der Waals surface area contributed by atoms with Gasteiger partial charge < -0.3 is 9.88 Å². The van der Waals surface area contributed by atoms with Crippen molar-refractivity contribution >= 4 is 0 Å². The molecule has 1 N–H and O–H groups in total. The van der Waals surface area contributed by atoms with Crippen LogP contribution in [0.2, 0.25) is 0 Å². The van der Waals surface area contributed by atoms with Crippen LogP contribution in [0.25, 0.3) is 11.3 Å². The van der Waals surface area contributed by atoms with Crippen LogP contribution in [-0.2, 0) is 13.1 Å². The summed E-state index contributed by atoms with van der Waals surface area (Å²) >= 11 is 0. The molecule has 0 aromatic carbocycles. The van der Waals surface area contributed by atoms with E-state index in [1.807, 2.05) is 23.4 Å². The molecule has 5 nitrogen and oxygen atoms in total. The molecule has 2 aromatic rings. The standard InChI is InChI=1S/C15H23N5/c1-2-7-20-11-13(9-18-20)15-10-16-12-19(15)8-3-6-17-14-4-5-14/h9-12,14,17H,2-8H2,1H3. The first kappa shape index (κ1) is 13.4. The van der Waals surface area contributed by atoms with Gasteiger partial charge in [0.05, 0.1) is 24.4 Å². The van der Waals surface area contributed by atoms with Gasteiger partial charge in [0.15, 0.2) is 0 Å². The van der Waals surface area contributed by atoms with Crippen LogP contribution < -0.4 is 5.32 Å². The summed E-state index contributed by atoms with van der Waals surface area (Å²) in [6.45, 7) is 5.24. The zero-order valence-electron chi connectivity index (χ0n) is 12.1. The summed E-state index contributed by atoms with van der Waals surface area (Å²) < 4.78 is 4.23. The van der Waals surface area contributed by atoms with E-state index in [9.17, 15) is 0 Å². The van der Waals surface area contributed by atoms with Crippen molar-refractivity contribution in [1.82, 2.24) is 24.6 Å². The molecule has 1 aliphatic carbocycles. The first-order valence-corrected chi connectivity index (χ1v) is 7.63. The third-order valence-corrected chi connectivity index (χ3v) is 3.68. The van der Waals surface area contributed by atoms with Gasteiger partial charge in [0.1, 0.15) is 0 Å². The molecular weight excluding hydrogens is 250 g/mol. The fourth-order valence-corrected chi connectivity index (χ4v) is 2.43. The Bertz CT molecular complexity index is 538. The van der Waals surface area contributed by atoms with Gasteiger partial charge in [0.2, 0.25) is 0 Å². The second kappa shape index (κ2) is 6.22. The average Bonchev–Trinajstić information content (AvgIpc) is 2.97. The Kier molecular flexibility index (Phi) is 4.16. The van der Waals surface area contributed by atoms with Gasteiger partial charge in [-0.3, -0.25) is 4.68 Å². The maximum absolute atomic E-state index is 4.39. The number of nitrogens with zero attached hydrogens (tertiary/aromatic N) is 4. The molecule has 5 heteroatoms. The van der Waals surface area contributed by atoms with Gasteiger partial charge in [0.25, 0.3) is 0 Å². The third kappa shape index (κ3) is 3.28. The zero-order valence-corrected chi connectivity index (χ0v) is 12.1. The van der Waals surface area contributed by atoms with Gasteiger partial charge in [0, 0.05) is 30.9 Å². The van der Waals surface area contributed by atoms with Crippen molar-refractivity contribution in [3.63, 3.8) is 0 Å². The smallest absolute Gasteiger partial charge is 0.0950 e. The van der Waals surface area contributed by atoms with Gasteiger partial charge in [-0.05, 0) is 32.2 Å². The monoisotopic (exact) mass is 273 g/mol. The number of rotatable bonds is 8. The summed E-state index contributed by atoms with van der Waals surface area (Å²) in [6, 6.07) is 0.796. The number of hydrogen-bond donors (Lipinski definition) is 1. The molecule has 2 aromatic heterocycles. The molecular formula is C15H23N5. The summed E-state index contributed by atoms with van der Waals surface area (Å²) in [5.74, 6) is 0. The molecule has 0 bridgehead atoms. The van der Waals surface area contributed by atoms with E-state index >= 15 is 0 Å². The maximum atomic E-state index is 4.39. The second-order valence-corrected chi connectivity index (χ2v) is 5.55. The van der Waals surface area contributed by atoms with Gasteiger partial charge >= 0.3 is 0 Å². The molecule has 0 radical (unpaired) electrons. The fourth-order valence-electron chi connectivity index (χ4n) is 2.43. The SMILES string of the molecule is CCCn1cc(-c2cncn2CCCNC2CC2)cn1. The van der Waals surface area contributed by atoms with E-state index in [0.717, 1.165) is 44.1 Å². The summed E-state index contributed by atoms with van der Waals surface area (Å²) in [6.07, 6.45) is 12.9. The number of aryl methyl sites for hydroxylation is 2. The summed E-state index contributed by atoms with van der Waals surface area (Å²) in [5.41, 5.74) is 2.32. The van der Waals surface area contributed by atoms with Crippen LogP contribution >= 0.6 is 0 Å². The van der Waals surface area contributed by atoms with Crippen LogP contribution in [0.15, 0.2) is 24.9 Å². The minimum absolute atomic E-state index is 0.796. The highest BCUT2D eigenvalue weighted by Gasteiger charge is 2.19. The summed E-state index contributed by atoms with van der Waals surface area (Å²) in [5, 5.41) is 7.94. The lowest BCUT2D eigenvalue weighted by molar-refractivity contribution is 0.581. The molecule has 20 heavy (non-hydrogen) atoms. The van der Waals surface area contributed by atoms with Crippen LogP contribution in [-0.4, -0.2) is 31.9 Å². The third-order valence-electron chi connectivity index (χ3n) is 3.68. The highest BCUT2D eigenvalue weighted by atomic mass is 15.3. The van der Waals surface area contributed by atoms with E-state index in [1.165, 1.54) is 18.5 Å². The Balaban J connectivity index is 1.59. The molecule has 0 atom stereocenters. The van der Waals surface area contributed by atoms with Crippen molar-refractivity contribution in [3.8, 4) is 11.3 Å². The molecule has 3 rings (SSSR count). The molecule has 0 saturated heterocycles. The van der Waals surface area contributed by atoms with Gasteiger partial charge in [-0.1, -0.05) is 6.92 Å². The van der Waals surface area contributed by atoms with Crippen LogP contribution in [0.5, 0.6) is 0 Å². The average molecular weight is 273 g/mol. The van der Waals surface area contributed by atoms with Gasteiger partial charge in [-0.25, -0.2) is 4.98 Å². The van der Waals surface area contributed by atoms with Gasteiger partial charge in [-0.15, -0.1) is 0 Å². The molecule has 2 heterocycles. The number of nitrogens with one attached hydrogen (secondary N) is 1. The molecule has 1 fully saturated rings. The summed E-state index contributed by atoms with van der Waals surface area (Å²) in [4.78, 5) is 4.29. The molecule has 1 saturated carbocycles. The second-order valence-electron chi connectivity index (χ2n) is 5.55. The van der Waals surface area contributed by atoms with E-state index < -0.39 is 0 Å². The Morgan fingerprint density at radius 2 is 2.20 bits per heavy atom. The highest BCUT2D eigenvalue weighted by Crippen LogP contribution is 2.20. The first-order chi connectivity index (χ1) is 9.86. The number of hydrogen-bond acceptors (Lipinski definition) is 3. The topological polar surface area (TPSA) is 47.7 Å².